The van der Waals surface area contributed by atoms with E-state index in [0.29, 0.717) is 6.54 Å². The zero-order chi connectivity index (χ0) is 16.9. The van der Waals surface area contributed by atoms with E-state index < -0.39 is 5.97 Å². The third-order valence-corrected chi connectivity index (χ3v) is 4.48. The second-order valence-electron chi connectivity index (χ2n) is 6.19. The Morgan fingerprint density at radius 2 is 2.08 bits per heavy atom. The number of carbonyl (C=O) groups is 1. The monoisotopic (exact) mass is 322 g/mol. The van der Waals surface area contributed by atoms with Crippen molar-refractivity contribution < 1.29 is 9.90 Å². The van der Waals surface area contributed by atoms with Crippen LogP contribution in [0.4, 0.5) is 0 Å². The Bertz CT molecular complexity index is 723. The van der Waals surface area contributed by atoms with E-state index in [1.54, 1.807) is 6.20 Å². The Hall–Kier alpha value is -2.46. The minimum absolute atomic E-state index is 0.371. The fourth-order valence-corrected chi connectivity index (χ4v) is 3.16. The van der Waals surface area contributed by atoms with Crippen LogP contribution in [0.3, 0.4) is 0 Å². The second kappa shape index (κ2) is 7.41. The van der Waals surface area contributed by atoms with Crippen molar-refractivity contribution in [2.75, 3.05) is 13.1 Å². The van der Waals surface area contributed by atoms with Crippen molar-refractivity contribution in [3.63, 3.8) is 0 Å². The van der Waals surface area contributed by atoms with Crippen molar-refractivity contribution in [1.82, 2.24) is 9.88 Å². The normalized spacial score (nSPS) is 18.7. The summed E-state index contributed by atoms with van der Waals surface area (Å²) in [6, 6.07) is 13.8. The average molecular weight is 322 g/mol. The predicted molar refractivity (Wildman–Crippen MR) is 94.7 cm³/mol. The maximum Gasteiger partial charge on any atom is 0.320 e. The molecule has 4 heteroatoms. The van der Waals surface area contributed by atoms with Crippen molar-refractivity contribution in [1.29, 1.82) is 0 Å². The highest BCUT2D eigenvalue weighted by Gasteiger charge is 2.29. The lowest BCUT2D eigenvalue weighted by Crippen LogP contribution is -2.36. The number of hydrogen-bond donors (Lipinski definition) is 1. The highest BCUT2D eigenvalue weighted by Crippen LogP contribution is 2.24. The second-order valence-corrected chi connectivity index (χ2v) is 6.19. The first-order chi connectivity index (χ1) is 11.6. The largest absolute Gasteiger partial charge is 0.480 e. The van der Waals surface area contributed by atoms with Crippen LogP contribution >= 0.6 is 0 Å². The zero-order valence-corrected chi connectivity index (χ0v) is 13.9. The van der Waals surface area contributed by atoms with Crippen molar-refractivity contribution in [3.8, 4) is 0 Å². The van der Waals surface area contributed by atoms with Crippen molar-refractivity contribution in [2.24, 2.45) is 0 Å². The van der Waals surface area contributed by atoms with E-state index in [-0.39, 0.29) is 6.04 Å². The van der Waals surface area contributed by atoms with Crippen LogP contribution in [0, 0.1) is 6.92 Å². The molecule has 0 radical (unpaired) electrons. The minimum Gasteiger partial charge on any atom is -0.480 e. The van der Waals surface area contributed by atoms with E-state index in [1.807, 2.05) is 23.1 Å². The number of likely N-dealkylation sites (tertiary alicyclic amines) is 1. The van der Waals surface area contributed by atoms with E-state index in [4.69, 9.17) is 0 Å². The molecule has 0 amide bonds. The minimum atomic E-state index is -0.726. The molecule has 2 heterocycles. The molecule has 0 spiro atoms. The van der Waals surface area contributed by atoms with E-state index in [2.05, 4.69) is 42.2 Å². The number of hydrogen-bond acceptors (Lipinski definition) is 3. The molecule has 1 aromatic heterocycles. The standard InChI is InChI=1S/C20H22N2O2/c1-15-7-9-16(10-8-15)17(18-5-2-3-12-21-18)11-14-22-13-4-6-19(22)20(23)24/h2-3,5,7-12,19H,4,6,13-14H2,1H3,(H,23,24). The molecule has 124 valence electrons. The Labute approximate surface area is 142 Å². The van der Waals surface area contributed by atoms with Gasteiger partial charge in [-0.05, 0) is 44.0 Å². The van der Waals surface area contributed by atoms with Crippen LogP contribution in [0.15, 0.2) is 54.7 Å². The van der Waals surface area contributed by atoms with E-state index >= 15 is 0 Å². The maximum absolute atomic E-state index is 11.4. The number of pyridine rings is 1. The molecular weight excluding hydrogens is 300 g/mol. The Balaban J connectivity index is 1.90. The molecule has 3 rings (SSSR count). The molecule has 1 aliphatic rings. The fraction of sp³-hybridized carbons (Fsp3) is 0.300. The van der Waals surface area contributed by atoms with Crippen LogP contribution in [0.5, 0.6) is 0 Å². The number of carboxylic acids is 1. The molecule has 0 saturated carbocycles. The van der Waals surface area contributed by atoms with Gasteiger partial charge in [0.25, 0.3) is 0 Å². The molecule has 24 heavy (non-hydrogen) atoms. The summed E-state index contributed by atoms with van der Waals surface area (Å²) in [5, 5.41) is 9.34. The van der Waals surface area contributed by atoms with E-state index in [1.165, 1.54) is 5.56 Å². The van der Waals surface area contributed by atoms with Gasteiger partial charge in [-0.3, -0.25) is 14.7 Å². The third-order valence-electron chi connectivity index (χ3n) is 4.48. The maximum atomic E-state index is 11.4. The lowest BCUT2D eigenvalue weighted by atomic mass is 10.0. The number of rotatable bonds is 5. The first kappa shape index (κ1) is 16.4. The van der Waals surface area contributed by atoms with Gasteiger partial charge in [0.15, 0.2) is 0 Å². The van der Waals surface area contributed by atoms with Crippen LogP contribution < -0.4 is 0 Å². The van der Waals surface area contributed by atoms with Crippen LogP contribution in [0.25, 0.3) is 5.57 Å². The predicted octanol–water partition coefficient (Wildman–Crippen LogP) is 3.37. The highest BCUT2D eigenvalue weighted by molar-refractivity contribution is 5.78. The van der Waals surface area contributed by atoms with Gasteiger partial charge < -0.3 is 5.11 Å². The first-order valence-electron chi connectivity index (χ1n) is 8.30. The molecule has 1 unspecified atom stereocenters. The summed E-state index contributed by atoms with van der Waals surface area (Å²) in [4.78, 5) is 17.9. The molecule has 2 aromatic rings. The average Bonchev–Trinajstić information content (AvgIpc) is 3.06. The summed E-state index contributed by atoms with van der Waals surface area (Å²) in [7, 11) is 0. The summed E-state index contributed by atoms with van der Waals surface area (Å²) >= 11 is 0. The number of benzene rings is 1. The quantitative estimate of drug-likeness (QED) is 0.917. The molecule has 1 saturated heterocycles. The first-order valence-corrected chi connectivity index (χ1v) is 8.30. The number of aromatic nitrogens is 1. The van der Waals surface area contributed by atoms with E-state index in [0.717, 1.165) is 36.2 Å². The molecule has 4 nitrogen and oxygen atoms in total. The van der Waals surface area contributed by atoms with Gasteiger partial charge in [-0.25, -0.2) is 0 Å². The molecule has 1 N–H and O–H groups in total. The number of aryl methyl sites for hydroxylation is 1. The summed E-state index contributed by atoms with van der Waals surface area (Å²) in [5.74, 6) is -0.726. The third kappa shape index (κ3) is 3.71. The van der Waals surface area contributed by atoms with Crippen LogP contribution in [-0.2, 0) is 4.79 Å². The molecule has 1 aromatic carbocycles. The van der Waals surface area contributed by atoms with Gasteiger partial charge >= 0.3 is 5.97 Å². The van der Waals surface area contributed by atoms with Gasteiger partial charge in [-0.15, -0.1) is 0 Å². The van der Waals surface area contributed by atoms with Crippen molar-refractivity contribution >= 4 is 11.5 Å². The van der Waals surface area contributed by atoms with Gasteiger partial charge in [-0.2, -0.15) is 0 Å². The van der Waals surface area contributed by atoms with Gasteiger partial charge in [0.1, 0.15) is 6.04 Å². The molecular formula is C20H22N2O2. The van der Waals surface area contributed by atoms with Gasteiger partial charge in [0.2, 0.25) is 0 Å². The number of aliphatic carboxylic acids is 1. The summed E-state index contributed by atoms with van der Waals surface area (Å²) in [6.07, 6.45) is 5.56. The zero-order valence-electron chi connectivity index (χ0n) is 13.9. The molecule has 1 atom stereocenters. The number of nitrogens with zero attached hydrogens (tertiary/aromatic N) is 2. The fourth-order valence-electron chi connectivity index (χ4n) is 3.16. The summed E-state index contributed by atoms with van der Waals surface area (Å²) in [5.41, 5.74) is 4.27. The Kier molecular flexibility index (Phi) is 5.06. The molecule has 1 aliphatic heterocycles. The lowest BCUT2D eigenvalue weighted by molar-refractivity contribution is -0.141. The van der Waals surface area contributed by atoms with Gasteiger partial charge in [0.05, 0.1) is 5.69 Å². The van der Waals surface area contributed by atoms with Crippen molar-refractivity contribution in [2.45, 2.75) is 25.8 Å². The van der Waals surface area contributed by atoms with Gasteiger partial charge in [0, 0.05) is 18.3 Å². The molecule has 1 fully saturated rings. The highest BCUT2D eigenvalue weighted by atomic mass is 16.4. The topological polar surface area (TPSA) is 53.4 Å². The smallest absolute Gasteiger partial charge is 0.320 e. The van der Waals surface area contributed by atoms with Crippen molar-refractivity contribution in [3.05, 3.63) is 71.6 Å². The SMILES string of the molecule is Cc1ccc(C(=CCN2CCCC2C(=O)O)c2ccccn2)cc1. The van der Waals surface area contributed by atoms with Gasteiger partial charge in [-0.1, -0.05) is 42.0 Å². The number of carboxylic acid groups (broad SMARTS) is 1. The molecule has 0 aliphatic carbocycles. The lowest BCUT2D eigenvalue weighted by Gasteiger charge is -2.20. The van der Waals surface area contributed by atoms with E-state index in [9.17, 15) is 9.90 Å². The van der Waals surface area contributed by atoms with Crippen LogP contribution in [-0.4, -0.2) is 40.1 Å². The molecule has 0 bridgehead atoms. The summed E-state index contributed by atoms with van der Waals surface area (Å²) in [6.45, 7) is 3.52. The summed E-state index contributed by atoms with van der Waals surface area (Å²) < 4.78 is 0. The van der Waals surface area contributed by atoms with Crippen LogP contribution in [0.1, 0.15) is 29.7 Å². The van der Waals surface area contributed by atoms with Crippen LogP contribution in [0.2, 0.25) is 0 Å². The Morgan fingerprint density at radius 3 is 2.75 bits per heavy atom. The Morgan fingerprint density at radius 1 is 1.29 bits per heavy atom.